The Balaban J connectivity index is 1.49. The van der Waals surface area contributed by atoms with Crippen LogP contribution in [0.4, 0.5) is 14.5 Å². The van der Waals surface area contributed by atoms with E-state index in [-0.39, 0.29) is 46.1 Å². The summed E-state index contributed by atoms with van der Waals surface area (Å²) in [4.78, 5) is 44.2. The molecule has 7 nitrogen and oxygen atoms in total. The fraction of sp³-hybridized carbons (Fsp3) is 0.240. The van der Waals surface area contributed by atoms with Crippen molar-refractivity contribution < 1.29 is 23.1 Å². The topological polar surface area (TPSA) is 82.7 Å². The maximum atomic E-state index is 13.9. The number of halogens is 5. The van der Waals surface area contributed by atoms with E-state index in [1.807, 2.05) is 17.1 Å². The van der Waals surface area contributed by atoms with Gasteiger partial charge >= 0.3 is 5.38 Å². The van der Waals surface area contributed by atoms with Crippen molar-refractivity contribution in [2.45, 2.75) is 28.3 Å². The molecule has 2 aromatic carbocycles. The van der Waals surface area contributed by atoms with Gasteiger partial charge in [0.05, 0.1) is 16.7 Å². The van der Waals surface area contributed by atoms with Crippen LogP contribution in [0.1, 0.15) is 27.2 Å². The molecular weight excluding hydrogens is 583 g/mol. The minimum Gasteiger partial charge on any atom is -0.370 e. The fourth-order valence-corrected chi connectivity index (χ4v) is 6.04. The molecule has 1 fully saturated rings. The number of amides is 2. The molecule has 0 spiro atoms. The Morgan fingerprint density at radius 1 is 1.05 bits per heavy atom. The molecule has 2 aliphatic rings. The number of morpholine rings is 1. The molecule has 0 saturated carbocycles. The molecule has 5 rings (SSSR count). The van der Waals surface area contributed by atoms with E-state index in [1.54, 1.807) is 29.2 Å². The summed E-state index contributed by atoms with van der Waals surface area (Å²) in [5, 5.41) is -3.43. The van der Waals surface area contributed by atoms with Crippen LogP contribution in [-0.2, 0) is 28.0 Å². The SMILES string of the molecule is O=C(c1c(Sc2c(Cl)cccc2Cl)cc(C(F)(F)Cl)[nH]c1=O)N1Cc2ccc(N3CCOCC3=O)cc2C1. The number of pyridine rings is 1. The Hall–Kier alpha value is -2.63. The van der Waals surface area contributed by atoms with Crippen LogP contribution in [0, 0.1) is 0 Å². The second-order valence-electron chi connectivity index (χ2n) is 8.61. The van der Waals surface area contributed by atoms with Gasteiger partial charge in [0.2, 0.25) is 0 Å². The van der Waals surface area contributed by atoms with Crippen LogP contribution in [0.3, 0.4) is 0 Å². The minimum atomic E-state index is -3.88. The van der Waals surface area contributed by atoms with Crippen molar-refractivity contribution in [3.63, 3.8) is 0 Å². The van der Waals surface area contributed by atoms with Gasteiger partial charge in [-0.05, 0) is 53.1 Å². The Bertz CT molecular complexity index is 1490. The summed E-state index contributed by atoms with van der Waals surface area (Å²) in [6.45, 7) is 1.18. The molecule has 0 atom stereocenters. The van der Waals surface area contributed by atoms with Crippen LogP contribution in [0.2, 0.25) is 10.0 Å². The summed E-state index contributed by atoms with van der Waals surface area (Å²) >= 11 is 18.5. The summed E-state index contributed by atoms with van der Waals surface area (Å²) in [7, 11) is 0. The van der Waals surface area contributed by atoms with E-state index in [4.69, 9.17) is 39.5 Å². The molecule has 3 aromatic rings. The normalized spacial score (nSPS) is 15.7. The van der Waals surface area contributed by atoms with E-state index in [1.165, 1.54) is 4.90 Å². The zero-order valence-corrected chi connectivity index (χ0v) is 22.5. The lowest BCUT2D eigenvalue weighted by molar-refractivity contribution is -0.125. The highest BCUT2D eigenvalue weighted by Gasteiger charge is 2.34. The lowest BCUT2D eigenvalue weighted by atomic mass is 10.1. The van der Waals surface area contributed by atoms with E-state index in [0.717, 1.165) is 29.0 Å². The Kier molecular flexibility index (Phi) is 7.45. The van der Waals surface area contributed by atoms with Crippen molar-refractivity contribution in [3.8, 4) is 0 Å². The monoisotopic (exact) mass is 599 g/mol. The van der Waals surface area contributed by atoms with Crippen LogP contribution in [0.15, 0.2) is 57.1 Å². The third-order valence-electron chi connectivity index (χ3n) is 6.14. The third kappa shape index (κ3) is 5.28. The number of alkyl halides is 3. The maximum absolute atomic E-state index is 13.9. The molecule has 38 heavy (non-hydrogen) atoms. The first-order valence-electron chi connectivity index (χ1n) is 11.3. The Morgan fingerprint density at radius 3 is 2.45 bits per heavy atom. The number of rotatable bonds is 5. The average Bonchev–Trinajstić information content (AvgIpc) is 3.29. The average molecular weight is 601 g/mol. The zero-order valence-electron chi connectivity index (χ0n) is 19.4. The van der Waals surface area contributed by atoms with Gasteiger partial charge < -0.3 is 19.5 Å². The number of nitrogens with zero attached hydrogens (tertiary/aromatic N) is 2. The van der Waals surface area contributed by atoms with E-state index in [9.17, 15) is 23.2 Å². The van der Waals surface area contributed by atoms with E-state index in [0.29, 0.717) is 23.7 Å². The smallest absolute Gasteiger partial charge is 0.362 e. The highest BCUT2D eigenvalue weighted by molar-refractivity contribution is 7.99. The van der Waals surface area contributed by atoms with Gasteiger partial charge in [-0.2, -0.15) is 8.78 Å². The van der Waals surface area contributed by atoms with Gasteiger partial charge in [0.1, 0.15) is 17.9 Å². The molecule has 198 valence electrons. The number of hydrogen-bond donors (Lipinski definition) is 1. The predicted octanol–water partition coefficient (Wildman–Crippen LogP) is 5.64. The second-order valence-corrected chi connectivity index (χ2v) is 11.0. The number of carbonyl (C=O) groups is 2. The number of aromatic nitrogens is 1. The molecule has 0 unspecified atom stereocenters. The molecule has 1 saturated heterocycles. The Morgan fingerprint density at radius 2 is 1.76 bits per heavy atom. The molecule has 2 aliphatic heterocycles. The van der Waals surface area contributed by atoms with Crippen LogP contribution in [0.5, 0.6) is 0 Å². The first-order valence-corrected chi connectivity index (χ1v) is 13.2. The molecule has 1 aromatic heterocycles. The van der Waals surface area contributed by atoms with Crippen molar-refractivity contribution in [1.82, 2.24) is 9.88 Å². The van der Waals surface area contributed by atoms with E-state index < -0.39 is 22.5 Å². The highest BCUT2D eigenvalue weighted by Crippen LogP contribution is 2.42. The van der Waals surface area contributed by atoms with E-state index >= 15 is 0 Å². The number of hydrogen-bond acceptors (Lipinski definition) is 5. The number of aromatic amines is 1. The summed E-state index contributed by atoms with van der Waals surface area (Å²) in [6.07, 6.45) is 0. The van der Waals surface area contributed by atoms with Crippen molar-refractivity contribution in [2.75, 3.05) is 24.7 Å². The van der Waals surface area contributed by atoms with Crippen molar-refractivity contribution in [1.29, 1.82) is 0 Å². The first-order chi connectivity index (χ1) is 18.0. The van der Waals surface area contributed by atoms with Crippen LogP contribution in [0.25, 0.3) is 0 Å². The van der Waals surface area contributed by atoms with Gasteiger partial charge in [0.25, 0.3) is 17.4 Å². The highest BCUT2D eigenvalue weighted by atomic mass is 35.5. The van der Waals surface area contributed by atoms with Crippen molar-refractivity contribution >= 4 is 64.1 Å². The number of fused-ring (bicyclic) bond motifs is 1. The minimum absolute atomic E-state index is 0.00228. The standard InChI is InChI=1S/C25H18Cl3F2N3O4S/c26-16-2-1-3-17(27)22(16)38-18-9-19(25(28,29)30)31-23(35)21(18)24(36)32-10-13-4-5-15(8-14(13)11-32)33-6-7-37-12-20(33)34/h1-5,8-9H,6-7,10-12H2,(H,31,35). The number of ether oxygens (including phenoxy) is 1. The quantitative estimate of drug-likeness (QED) is 0.384. The van der Waals surface area contributed by atoms with Gasteiger partial charge in [-0.3, -0.25) is 14.4 Å². The zero-order chi connectivity index (χ0) is 27.2. The first kappa shape index (κ1) is 27.0. The number of H-pyrrole nitrogens is 1. The Labute approximate surface area is 234 Å². The lowest BCUT2D eigenvalue weighted by Crippen LogP contribution is -2.41. The summed E-state index contributed by atoms with van der Waals surface area (Å²) in [5.74, 6) is -0.827. The van der Waals surface area contributed by atoms with E-state index in [2.05, 4.69) is 0 Å². The number of benzene rings is 2. The van der Waals surface area contributed by atoms with Crippen molar-refractivity contribution in [2.24, 2.45) is 0 Å². The molecule has 13 heteroatoms. The van der Waals surface area contributed by atoms with Gasteiger partial charge in [-0.25, -0.2) is 0 Å². The summed E-state index contributed by atoms with van der Waals surface area (Å²) < 4.78 is 33.1. The fourth-order valence-electron chi connectivity index (χ4n) is 4.30. The molecule has 1 N–H and O–H groups in total. The van der Waals surface area contributed by atoms with Gasteiger partial charge in [0, 0.05) is 35.1 Å². The van der Waals surface area contributed by atoms with Crippen molar-refractivity contribution in [3.05, 3.63) is 85.2 Å². The second kappa shape index (κ2) is 10.5. The number of anilines is 1. The molecule has 3 heterocycles. The largest absolute Gasteiger partial charge is 0.370 e. The molecule has 0 radical (unpaired) electrons. The van der Waals surface area contributed by atoms with Crippen LogP contribution >= 0.6 is 46.6 Å². The molecule has 2 amide bonds. The molecule has 0 aliphatic carbocycles. The van der Waals surface area contributed by atoms with Gasteiger partial charge in [0.15, 0.2) is 0 Å². The number of carbonyl (C=O) groups excluding carboxylic acids is 2. The lowest BCUT2D eigenvalue weighted by Gasteiger charge is -2.27. The third-order valence-corrected chi connectivity index (χ3v) is 8.39. The van der Waals surface area contributed by atoms with Crippen LogP contribution < -0.4 is 10.5 Å². The molecular formula is C25H18Cl3F2N3O4S. The van der Waals surface area contributed by atoms with Gasteiger partial charge in [-0.1, -0.05) is 47.1 Å². The summed E-state index contributed by atoms with van der Waals surface area (Å²) in [5.41, 5.74) is 0.102. The predicted molar refractivity (Wildman–Crippen MR) is 141 cm³/mol. The van der Waals surface area contributed by atoms with Gasteiger partial charge in [-0.15, -0.1) is 0 Å². The molecule has 0 bridgehead atoms. The summed E-state index contributed by atoms with van der Waals surface area (Å²) in [6, 6.07) is 11.1. The number of nitrogens with one attached hydrogen (secondary N) is 1. The van der Waals surface area contributed by atoms with Crippen LogP contribution in [-0.4, -0.2) is 41.5 Å². The maximum Gasteiger partial charge on any atom is 0.362 e.